The van der Waals surface area contributed by atoms with Gasteiger partial charge in [-0.05, 0) is 138 Å². The molecule has 1 N–H and O–H groups in total. The lowest BCUT2D eigenvalue weighted by molar-refractivity contribution is 0.0634. The first-order valence-corrected chi connectivity index (χ1v) is 17.1. The summed E-state index contributed by atoms with van der Waals surface area (Å²) in [7, 11) is 0. The van der Waals surface area contributed by atoms with Gasteiger partial charge >= 0.3 is 0 Å². The molecule has 0 aromatic rings. The lowest BCUT2D eigenvalue weighted by Gasteiger charge is -2.49. The number of allylic oxidation sites excluding steroid dienone is 2. The first-order valence-electron chi connectivity index (χ1n) is 17.1. The molecule has 0 aromatic carbocycles. The van der Waals surface area contributed by atoms with Crippen molar-refractivity contribution in [1.82, 2.24) is 15.1 Å². The second-order valence-electron chi connectivity index (χ2n) is 15.0. The zero-order chi connectivity index (χ0) is 26.4. The minimum atomic E-state index is 0.632. The molecule has 0 unspecified atom stereocenters. The average Bonchev–Trinajstić information content (AvgIpc) is 3.70. The van der Waals surface area contributed by atoms with E-state index in [0.29, 0.717) is 12.1 Å². The molecule has 3 fully saturated rings. The van der Waals surface area contributed by atoms with Gasteiger partial charge in [0.1, 0.15) is 0 Å². The third-order valence-electron chi connectivity index (χ3n) is 12.2. The Labute approximate surface area is 235 Å². The topological polar surface area (TPSA) is 18.5 Å². The molecule has 6 atom stereocenters. The molecule has 3 aliphatic heterocycles. The van der Waals surface area contributed by atoms with Crippen LogP contribution in [0, 0.1) is 41.4 Å². The maximum absolute atomic E-state index is 3.92. The molecule has 0 amide bonds. The lowest BCUT2D eigenvalue weighted by Crippen LogP contribution is -2.54. The molecule has 38 heavy (non-hydrogen) atoms. The first kappa shape index (κ1) is 27.4. The van der Waals surface area contributed by atoms with Gasteiger partial charge in [0, 0.05) is 36.9 Å². The van der Waals surface area contributed by atoms with Gasteiger partial charge in [-0.15, -0.1) is 0 Å². The predicted molar refractivity (Wildman–Crippen MR) is 161 cm³/mol. The highest BCUT2D eigenvalue weighted by Gasteiger charge is 2.43. The molecule has 214 valence electrons. The molecule has 3 nitrogen and oxygen atoms in total. The molecule has 3 aliphatic carbocycles. The summed E-state index contributed by atoms with van der Waals surface area (Å²) >= 11 is 0. The van der Waals surface area contributed by atoms with Gasteiger partial charge in [0.05, 0.1) is 0 Å². The molecular formula is C35H59N3. The SMILES string of the molecule is CC[C@H]1CC2=C(CCN(C3CCN(C[C@@H]4C[C@H](C5CC5)C(C5CCC5)=C[C@@H]4CC(C)C)CC3)[C@@H]2C)N[C@H]1C. The molecule has 0 spiro atoms. The fourth-order valence-electron chi connectivity index (χ4n) is 9.42. The fourth-order valence-corrected chi connectivity index (χ4v) is 9.42. The van der Waals surface area contributed by atoms with E-state index >= 15 is 0 Å². The van der Waals surface area contributed by atoms with Crippen LogP contribution in [0.1, 0.15) is 112 Å². The molecular weight excluding hydrogens is 462 g/mol. The van der Waals surface area contributed by atoms with E-state index in [1.54, 1.807) is 11.3 Å². The van der Waals surface area contributed by atoms with Crippen LogP contribution < -0.4 is 5.32 Å². The standard InChI is InChI=1S/C35H59N3/c1-6-26-19-32-25(5)38(17-14-35(32)36-24(26)4)31-12-15-37(16-13-31)22-30-21-34(28-10-11-28)33(27-8-7-9-27)20-29(30)18-23(2)3/h20,23-31,34,36H,6-19,21-22H2,1-5H3/t24-,25+,26-,29-,30-,34+/m0/s1. The van der Waals surface area contributed by atoms with Crippen molar-refractivity contribution in [3.05, 3.63) is 22.9 Å². The Kier molecular flexibility index (Phi) is 8.35. The number of nitrogens with one attached hydrogen (secondary N) is 1. The van der Waals surface area contributed by atoms with Crippen LogP contribution in [0.5, 0.6) is 0 Å². The summed E-state index contributed by atoms with van der Waals surface area (Å²) in [5, 5.41) is 3.92. The molecule has 6 aliphatic rings. The maximum Gasteiger partial charge on any atom is 0.0302 e. The maximum atomic E-state index is 3.92. The third kappa shape index (κ3) is 5.67. The van der Waals surface area contributed by atoms with E-state index in [-0.39, 0.29) is 0 Å². The Balaban J connectivity index is 1.07. The van der Waals surface area contributed by atoms with Crippen molar-refractivity contribution < 1.29 is 0 Å². The number of rotatable bonds is 8. The highest BCUT2D eigenvalue weighted by Crippen LogP contribution is 2.53. The number of nitrogens with zero attached hydrogens (tertiary/aromatic N) is 2. The van der Waals surface area contributed by atoms with E-state index in [1.807, 2.05) is 5.57 Å². The molecule has 3 heteroatoms. The Hall–Kier alpha value is -0.800. The Morgan fingerprint density at radius 2 is 1.74 bits per heavy atom. The van der Waals surface area contributed by atoms with E-state index in [0.717, 1.165) is 47.5 Å². The van der Waals surface area contributed by atoms with E-state index in [2.05, 4.69) is 55.8 Å². The van der Waals surface area contributed by atoms with Crippen molar-refractivity contribution in [2.45, 2.75) is 130 Å². The van der Waals surface area contributed by atoms with E-state index in [1.165, 1.54) is 103 Å². The van der Waals surface area contributed by atoms with E-state index in [9.17, 15) is 0 Å². The molecule has 2 saturated carbocycles. The third-order valence-corrected chi connectivity index (χ3v) is 12.2. The van der Waals surface area contributed by atoms with Gasteiger partial charge < -0.3 is 10.2 Å². The minimum absolute atomic E-state index is 0.632. The van der Waals surface area contributed by atoms with Crippen molar-refractivity contribution in [2.75, 3.05) is 26.2 Å². The van der Waals surface area contributed by atoms with Crippen molar-refractivity contribution in [3.8, 4) is 0 Å². The summed E-state index contributed by atoms with van der Waals surface area (Å²) in [6, 6.07) is 2.07. The van der Waals surface area contributed by atoms with Crippen LogP contribution in [0.25, 0.3) is 0 Å². The zero-order valence-electron chi connectivity index (χ0n) is 25.6. The van der Waals surface area contributed by atoms with E-state index in [4.69, 9.17) is 0 Å². The molecule has 1 saturated heterocycles. The first-order chi connectivity index (χ1) is 18.4. The monoisotopic (exact) mass is 521 g/mol. The van der Waals surface area contributed by atoms with Gasteiger partial charge in [0.15, 0.2) is 0 Å². The number of likely N-dealkylation sites (tertiary alicyclic amines) is 1. The van der Waals surface area contributed by atoms with Crippen LogP contribution in [-0.2, 0) is 0 Å². The smallest absolute Gasteiger partial charge is 0.0302 e. The van der Waals surface area contributed by atoms with Crippen LogP contribution in [0.15, 0.2) is 22.9 Å². The Bertz CT molecular complexity index is 872. The number of hydrogen-bond donors (Lipinski definition) is 1. The van der Waals surface area contributed by atoms with Gasteiger partial charge in [0.2, 0.25) is 0 Å². The quantitative estimate of drug-likeness (QED) is 0.331. The summed E-state index contributed by atoms with van der Waals surface area (Å²) in [5.41, 5.74) is 5.31. The predicted octanol–water partition coefficient (Wildman–Crippen LogP) is 7.64. The second-order valence-corrected chi connectivity index (χ2v) is 15.0. The van der Waals surface area contributed by atoms with Gasteiger partial charge in [-0.2, -0.15) is 0 Å². The normalized spacial score (nSPS) is 38.1. The Morgan fingerprint density at radius 3 is 2.37 bits per heavy atom. The highest BCUT2D eigenvalue weighted by molar-refractivity contribution is 5.26. The summed E-state index contributed by atoms with van der Waals surface area (Å²) in [6.07, 6.45) is 19.9. The highest BCUT2D eigenvalue weighted by atomic mass is 15.2. The zero-order valence-corrected chi connectivity index (χ0v) is 25.6. The molecule has 0 radical (unpaired) electrons. The lowest BCUT2D eigenvalue weighted by atomic mass is 9.64. The van der Waals surface area contributed by atoms with Crippen LogP contribution in [0.3, 0.4) is 0 Å². The Morgan fingerprint density at radius 1 is 0.974 bits per heavy atom. The number of piperidine rings is 1. The minimum Gasteiger partial charge on any atom is -0.386 e. The van der Waals surface area contributed by atoms with Crippen molar-refractivity contribution >= 4 is 0 Å². The van der Waals surface area contributed by atoms with Gasteiger partial charge in [-0.3, -0.25) is 4.90 Å². The largest absolute Gasteiger partial charge is 0.386 e. The second kappa shape index (κ2) is 11.6. The molecule has 0 bridgehead atoms. The van der Waals surface area contributed by atoms with Gasteiger partial charge in [-0.1, -0.05) is 45.3 Å². The van der Waals surface area contributed by atoms with Crippen LogP contribution in [-0.4, -0.2) is 54.1 Å². The summed E-state index contributed by atoms with van der Waals surface area (Å²) in [6.45, 7) is 17.5. The summed E-state index contributed by atoms with van der Waals surface area (Å²) in [4.78, 5) is 5.82. The average molecular weight is 522 g/mol. The molecule has 6 rings (SSSR count). The summed E-state index contributed by atoms with van der Waals surface area (Å²) < 4.78 is 0. The van der Waals surface area contributed by atoms with Gasteiger partial charge in [0.25, 0.3) is 0 Å². The van der Waals surface area contributed by atoms with Gasteiger partial charge in [-0.25, -0.2) is 0 Å². The van der Waals surface area contributed by atoms with Crippen molar-refractivity contribution in [2.24, 2.45) is 41.4 Å². The van der Waals surface area contributed by atoms with Crippen LogP contribution >= 0.6 is 0 Å². The summed E-state index contributed by atoms with van der Waals surface area (Å²) in [5.74, 6) is 6.30. The van der Waals surface area contributed by atoms with Crippen molar-refractivity contribution in [3.63, 3.8) is 0 Å². The van der Waals surface area contributed by atoms with Crippen molar-refractivity contribution in [1.29, 1.82) is 0 Å². The molecule has 3 heterocycles. The fraction of sp³-hybridized carbons (Fsp3) is 0.886. The number of hydrogen-bond acceptors (Lipinski definition) is 3. The van der Waals surface area contributed by atoms with Crippen LogP contribution in [0.2, 0.25) is 0 Å². The van der Waals surface area contributed by atoms with Crippen LogP contribution in [0.4, 0.5) is 0 Å². The van der Waals surface area contributed by atoms with E-state index < -0.39 is 0 Å². The molecule has 0 aromatic heterocycles.